The van der Waals surface area contributed by atoms with E-state index in [1.807, 2.05) is 17.5 Å². The number of nitrogens with one attached hydrogen (secondary N) is 2. The Balaban J connectivity index is 1.71. The van der Waals surface area contributed by atoms with Gasteiger partial charge in [-0.05, 0) is 42.1 Å². The normalized spacial score (nSPS) is 12.0. The van der Waals surface area contributed by atoms with Gasteiger partial charge in [0, 0.05) is 28.6 Å². The maximum Gasteiger partial charge on any atom is 0.336 e. The number of urea groups is 1. The first-order valence-electron chi connectivity index (χ1n) is 7.41. The van der Waals surface area contributed by atoms with E-state index in [-0.39, 0.29) is 18.7 Å². The number of benzene rings is 1. The van der Waals surface area contributed by atoms with Gasteiger partial charge in [-0.25, -0.2) is 9.59 Å². The van der Waals surface area contributed by atoms with E-state index in [2.05, 4.69) is 10.6 Å². The fraction of sp³-hybridized carbons (Fsp3) is 0.176. The molecule has 2 aromatic heterocycles. The Bertz CT molecular complexity index is 889. The lowest BCUT2D eigenvalue weighted by molar-refractivity contribution is 0.239. The number of fused-ring (bicyclic) bond motifs is 1. The number of rotatable bonds is 5. The van der Waals surface area contributed by atoms with Crippen molar-refractivity contribution in [2.24, 2.45) is 0 Å². The minimum Gasteiger partial charge on any atom is -0.423 e. The highest BCUT2D eigenvalue weighted by Crippen LogP contribution is 2.22. The molecule has 0 saturated heterocycles. The van der Waals surface area contributed by atoms with Crippen molar-refractivity contribution in [3.63, 3.8) is 0 Å². The summed E-state index contributed by atoms with van der Waals surface area (Å²) in [7, 11) is 0. The number of carbonyl (C=O) groups excluding carboxylic acids is 1. The lowest BCUT2D eigenvalue weighted by atomic mass is 10.2. The van der Waals surface area contributed by atoms with Gasteiger partial charge in [0.2, 0.25) is 0 Å². The zero-order valence-electron chi connectivity index (χ0n) is 12.7. The van der Waals surface area contributed by atoms with Gasteiger partial charge >= 0.3 is 11.7 Å². The molecule has 0 aliphatic rings. The van der Waals surface area contributed by atoms with Crippen LogP contribution >= 0.6 is 11.3 Å². The van der Waals surface area contributed by atoms with Crippen molar-refractivity contribution >= 4 is 34.0 Å². The second-order valence-corrected chi connectivity index (χ2v) is 6.17. The molecular formula is C17H16N2O4S. The highest BCUT2D eigenvalue weighted by Gasteiger charge is 2.15. The Labute approximate surface area is 141 Å². The zero-order chi connectivity index (χ0) is 16.9. The summed E-state index contributed by atoms with van der Waals surface area (Å²) in [5, 5.41) is 17.4. The molecule has 3 aromatic rings. The van der Waals surface area contributed by atoms with Gasteiger partial charge in [0.25, 0.3) is 0 Å². The first-order valence-corrected chi connectivity index (χ1v) is 8.29. The van der Waals surface area contributed by atoms with Crippen molar-refractivity contribution in [2.45, 2.75) is 12.5 Å². The molecule has 124 valence electrons. The van der Waals surface area contributed by atoms with Crippen LogP contribution < -0.4 is 16.3 Å². The Kier molecular flexibility index (Phi) is 4.93. The van der Waals surface area contributed by atoms with Crippen LogP contribution in [-0.2, 0) is 0 Å². The average molecular weight is 344 g/mol. The monoisotopic (exact) mass is 344 g/mol. The van der Waals surface area contributed by atoms with Crippen molar-refractivity contribution in [3.8, 4) is 0 Å². The maximum absolute atomic E-state index is 12.2. The summed E-state index contributed by atoms with van der Waals surface area (Å²) >= 11 is 1.53. The summed E-state index contributed by atoms with van der Waals surface area (Å²) in [6.45, 7) is -0.0160. The third kappa shape index (κ3) is 3.81. The standard InChI is InChI=1S/C17H16N2O4S/c20-8-7-13(15-2-1-9-24-15)19-17(22)18-12-4-5-14-11(10-12)3-6-16(21)23-14/h1-6,9-10,13,20H,7-8H2,(H2,18,19,22)/t13-/m1/s1. The minimum absolute atomic E-state index is 0.0160. The van der Waals surface area contributed by atoms with E-state index in [4.69, 9.17) is 4.42 Å². The molecule has 3 rings (SSSR count). The first kappa shape index (κ1) is 16.2. The molecule has 1 aromatic carbocycles. The van der Waals surface area contributed by atoms with E-state index in [1.165, 1.54) is 17.4 Å². The van der Waals surface area contributed by atoms with Gasteiger partial charge < -0.3 is 20.2 Å². The predicted molar refractivity (Wildman–Crippen MR) is 93.4 cm³/mol. The average Bonchev–Trinajstić information content (AvgIpc) is 3.09. The largest absolute Gasteiger partial charge is 0.423 e. The molecule has 0 aliphatic heterocycles. The number of aliphatic hydroxyl groups excluding tert-OH is 1. The molecule has 0 fully saturated rings. The lowest BCUT2D eigenvalue weighted by Gasteiger charge is -2.17. The van der Waals surface area contributed by atoms with Crippen LogP contribution in [0.2, 0.25) is 0 Å². The molecule has 0 bridgehead atoms. The molecule has 3 N–H and O–H groups in total. The van der Waals surface area contributed by atoms with Gasteiger partial charge in [-0.3, -0.25) is 0 Å². The van der Waals surface area contributed by atoms with Crippen molar-refractivity contribution < 1.29 is 14.3 Å². The van der Waals surface area contributed by atoms with Crippen LogP contribution in [0.15, 0.2) is 57.1 Å². The maximum atomic E-state index is 12.2. The molecule has 7 heteroatoms. The summed E-state index contributed by atoms with van der Waals surface area (Å²) in [6.07, 6.45) is 0.441. The summed E-state index contributed by atoms with van der Waals surface area (Å²) in [4.78, 5) is 24.4. The number of aliphatic hydroxyl groups is 1. The van der Waals surface area contributed by atoms with Crippen molar-refractivity contribution in [2.75, 3.05) is 11.9 Å². The molecule has 24 heavy (non-hydrogen) atoms. The fourth-order valence-corrected chi connectivity index (χ4v) is 3.19. The van der Waals surface area contributed by atoms with Crippen LogP contribution in [0.4, 0.5) is 10.5 Å². The van der Waals surface area contributed by atoms with Gasteiger partial charge in [0.15, 0.2) is 0 Å². The Morgan fingerprint density at radius 3 is 2.88 bits per heavy atom. The van der Waals surface area contributed by atoms with Crippen LogP contribution in [0.1, 0.15) is 17.3 Å². The van der Waals surface area contributed by atoms with Crippen LogP contribution in [0, 0.1) is 0 Å². The van der Waals surface area contributed by atoms with Gasteiger partial charge in [0.1, 0.15) is 5.58 Å². The predicted octanol–water partition coefficient (Wildman–Crippen LogP) is 3.10. The highest BCUT2D eigenvalue weighted by molar-refractivity contribution is 7.10. The quantitative estimate of drug-likeness (QED) is 0.620. The van der Waals surface area contributed by atoms with Crippen LogP contribution in [0.25, 0.3) is 11.0 Å². The van der Waals surface area contributed by atoms with Gasteiger partial charge in [-0.1, -0.05) is 6.07 Å². The molecule has 1 atom stereocenters. The van der Waals surface area contributed by atoms with E-state index in [0.29, 0.717) is 17.7 Å². The first-order chi connectivity index (χ1) is 11.7. The van der Waals surface area contributed by atoms with Gasteiger partial charge in [-0.15, -0.1) is 11.3 Å². The third-order valence-electron chi connectivity index (χ3n) is 3.49. The van der Waals surface area contributed by atoms with Crippen molar-refractivity contribution in [1.82, 2.24) is 5.32 Å². The summed E-state index contributed by atoms with van der Waals surface area (Å²) in [5.41, 5.74) is 0.636. The molecule has 0 radical (unpaired) electrons. The number of amides is 2. The van der Waals surface area contributed by atoms with E-state index in [0.717, 1.165) is 10.3 Å². The lowest BCUT2D eigenvalue weighted by Crippen LogP contribution is -2.32. The van der Waals surface area contributed by atoms with E-state index in [1.54, 1.807) is 24.3 Å². The Morgan fingerprint density at radius 1 is 1.25 bits per heavy atom. The molecular weight excluding hydrogens is 328 g/mol. The summed E-state index contributed by atoms with van der Waals surface area (Å²) < 4.78 is 5.06. The van der Waals surface area contributed by atoms with Crippen LogP contribution in [0.3, 0.4) is 0 Å². The number of hydrogen-bond donors (Lipinski definition) is 3. The smallest absolute Gasteiger partial charge is 0.336 e. The molecule has 6 nitrogen and oxygen atoms in total. The second-order valence-electron chi connectivity index (χ2n) is 5.19. The van der Waals surface area contributed by atoms with E-state index >= 15 is 0 Å². The molecule has 0 unspecified atom stereocenters. The zero-order valence-corrected chi connectivity index (χ0v) is 13.5. The van der Waals surface area contributed by atoms with Crippen molar-refractivity contribution in [1.29, 1.82) is 0 Å². The Hall–Kier alpha value is -2.64. The fourth-order valence-electron chi connectivity index (χ4n) is 2.38. The van der Waals surface area contributed by atoms with Crippen LogP contribution in [0.5, 0.6) is 0 Å². The molecule has 0 aliphatic carbocycles. The topological polar surface area (TPSA) is 91.6 Å². The Morgan fingerprint density at radius 2 is 2.12 bits per heavy atom. The minimum atomic E-state index is -0.413. The molecule has 2 heterocycles. The van der Waals surface area contributed by atoms with Gasteiger partial charge in [-0.2, -0.15) is 0 Å². The SMILES string of the molecule is O=C(Nc1ccc2oc(=O)ccc2c1)N[C@H](CCO)c1cccs1. The van der Waals surface area contributed by atoms with Crippen LogP contribution in [-0.4, -0.2) is 17.7 Å². The van der Waals surface area contributed by atoms with E-state index < -0.39 is 5.63 Å². The molecule has 0 spiro atoms. The summed E-state index contributed by atoms with van der Waals surface area (Å²) in [5.74, 6) is 0. The van der Waals surface area contributed by atoms with E-state index in [9.17, 15) is 14.7 Å². The third-order valence-corrected chi connectivity index (χ3v) is 4.47. The number of thiophene rings is 1. The molecule has 2 amide bonds. The second kappa shape index (κ2) is 7.29. The van der Waals surface area contributed by atoms with Crippen molar-refractivity contribution in [3.05, 3.63) is 63.1 Å². The number of carbonyl (C=O) groups is 1. The number of hydrogen-bond acceptors (Lipinski definition) is 5. The molecule has 0 saturated carbocycles. The summed E-state index contributed by atoms with van der Waals surface area (Å²) in [6, 6.07) is 11.2. The highest BCUT2D eigenvalue weighted by atomic mass is 32.1. The van der Waals surface area contributed by atoms with Gasteiger partial charge in [0.05, 0.1) is 6.04 Å². The number of anilines is 1.